The third-order valence-corrected chi connectivity index (χ3v) is 5.86. The molecule has 0 aromatic heterocycles. The van der Waals surface area contributed by atoms with Crippen LogP contribution in [0.3, 0.4) is 0 Å². The molecule has 0 unspecified atom stereocenters. The van der Waals surface area contributed by atoms with Crippen molar-refractivity contribution >= 4 is 20.0 Å². The Kier molecular flexibility index (Phi) is 7.55. The Morgan fingerprint density at radius 1 is 0.700 bits per heavy atom. The van der Waals surface area contributed by atoms with Gasteiger partial charge in [-0.1, -0.05) is 32.9 Å². The first kappa shape index (κ1) is 26.1. The Bertz CT molecular complexity index is 1040. The van der Waals surface area contributed by atoms with Crippen LogP contribution in [0, 0.1) is 11.6 Å². The molecule has 2 aromatic rings. The van der Waals surface area contributed by atoms with E-state index < -0.39 is 37.2 Å². The quantitative estimate of drug-likeness (QED) is 0.640. The number of benzene rings is 2. The van der Waals surface area contributed by atoms with Crippen molar-refractivity contribution < 1.29 is 25.6 Å². The van der Waals surface area contributed by atoms with Crippen molar-refractivity contribution in [3.63, 3.8) is 0 Å². The molecule has 0 radical (unpaired) electrons. The van der Waals surface area contributed by atoms with Gasteiger partial charge in [0, 0.05) is 11.1 Å². The number of primary sulfonamides is 2. The van der Waals surface area contributed by atoms with Crippen LogP contribution in [0.25, 0.3) is 0 Å². The van der Waals surface area contributed by atoms with E-state index in [9.17, 15) is 25.6 Å². The van der Waals surface area contributed by atoms with Crippen molar-refractivity contribution in [1.82, 2.24) is 0 Å². The van der Waals surface area contributed by atoms with Crippen LogP contribution in [0.4, 0.5) is 8.78 Å². The Morgan fingerprint density at radius 3 is 1.27 bits per heavy atom. The Labute approximate surface area is 176 Å². The highest BCUT2D eigenvalue weighted by Gasteiger charge is 2.21. The SMILES string of the molecule is CC(C)(C)c1ccc(S(N)(=O)=O)cc1F.CC(C)(N)c1ccc(S(N)(=O)=O)cc1F. The molecule has 2 rings (SSSR count). The van der Waals surface area contributed by atoms with E-state index in [4.69, 9.17) is 16.0 Å². The molecule has 0 aliphatic heterocycles. The first-order valence-electron chi connectivity index (χ1n) is 8.69. The topological polar surface area (TPSA) is 146 Å². The molecule has 0 saturated heterocycles. The zero-order valence-corrected chi connectivity index (χ0v) is 19.0. The minimum atomic E-state index is -3.87. The Hall–Kier alpha value is -1.92. The highest BCUT2D eigenvalue weighted by molar-refractivity contribution is 7.89. The predicted octanol–water partition coefficient (Wildman–Crippen LogP) is 2.44. The smallest absolute Gasteiger partial charge is 0.238 e. The molecule has 0 saturated carbocycles. The lowest BCUT2D eigenvalue weighted by Gasteiger charge is -2.19. The molecule has 11 heteroatoms. The average Bonchev–Trinajstić information content (AvgIpc) is 2.51. The van der Waals surface area contributed by atoms with Gasteiger partial charge in [0.15, 0.2) is 0 Å². The molecule has 168 valence electrons. The molecule has 0 atom stereocenters. The van der Waals surface area contributed by atoms with Gasteiger partial charge in [0.2, 0.25) is 20.0 Å². The molecule has 2 aromatic carbocycles. The number of sulfonamides is 2. The molecule has 0 fully saturated rings. The van der Waals surface area contributed by atoms with Crippen LogP contribution in [0.1, 0.15) is 45.7 Å². The number of hydrogen-bond acceptors (Lipinski definition) is 5. The van der Waals surface area contributed by atoms with Gasteiger partial charge < -0.3 is 5.73 Å². The maximum Gasteiger partial charge on any atom is 0.238 e. The summed E-state index contributed by atoms with van der Waals surface area (Å²) in [7, 11) is -7.70. The van der Waals surface area contributed by atoms with E-state index in [1.54, 1.807) is 13.8 Å². The highest BCUT2D eigenvalue weighted by atomic mass is 32.2. The van der Waals surface area contributed by atoms with Gasteiger partial charge >= 0.3 is 0 Å². The standard InChI is InChI=1S/C10H14FNO2S.C9H13FN2O2S/c1-10(2,3)8-5-4-7(6-9(8)11)15(12,13)14;1-9(2,11)7-4-3-6(5-8(7)10)15(12,13)14/h4-6H,1-3H3,(H2,12,13,14);3-5H,11H2,1-2H3,(H2,12,13,14). The molecule has 0 bridgehead atoms. The van der Waals surface area contributed by atoms with Crippen molar-refractivity contribution in [2.75, 3.05) is 0 Å². The number of halogens is 2. The van der Waals surface area contributed by atoms with Crippen LogP contribution < -0.4 is 16.0 Å². The third kappa shape index (κ3) is 7.10. The molecule has 0 aliphatic carbocycles. The first-order valence-corrected chi connectivity index (χ1v) is 11.8. The van der Waals surface area contributed by atoms with E-state index in [0.717, 1.165) is 12.1 Å². The normalized spacial score (nSPS) is 12.9. The van der Waals surface area contributed by atoms with Gasteiger partial charge in [-0.05, 0) is 49.1 Å². The zero-order chi connectivity index (χ0) is 23.7. The van der Waals surface area contributed by atoms with Gasteiger partial charge in [-0.3, -0.25) is 0 Å². The second-order valence-electron chi connectivity index (χ2n) is 8.35. The van der Waals surface area contributed by atoms with Crippen molar-refractivity contribution in [3.05, 3.63) is 59.2 Å². The second-order valence-corrected chi connectivity index (χ2v) is 11.5. The summed E-state index contributed by atoms with van der Waals surface area (Å²) >= 11 is 0. The minimum Gasteiger partial charge on any atom is -0.322 e. The molecule has 0 amide bonds. The summed E-state index contributed by atoms with van der Waals surface area (Å²) in [4.78, 5) is -0.457. The van der Waals surface area contributed by atoms with Crippen LogP contribution in [0.5, 0.6) is 0 Å². The van der Waals surface area contributed by atoms with Gasteiger partial charge in [0.05, 0.1) is 9.79 Å². The maximum absolute atomic E-state index is 13.6. The van der Waals surface area contributed by atoms with Gasteiger partial charge in [0.1, 0.15) is 11.6 Å². The summed E-state index contributed by atoms with van der Waals surface area (Å²) in [5, 5.41) is 9.75. The summed E-state index contributed by atoms with van der Waals surface area (Å²) < 4.78 is 70.8. The lowest BCUT2D eigenvalue weighted by Crippen LogP contribution is -2.30. The molecule has 7 nitrogen and oxygen atoms in total. The fraction of sp³-hybridized carbons (Fsp3) is 0.368. The monoisotopic (exact) mass is 463 g/mol. The molecular formula is C19H27F2N3O4S2. The van der Waals surface area contributed by atoms with Crippen LogP contribution in [0.2, 0.25) is 0 Å². The van der Waals surface area contributed by atoms with Crippen molar-refractivity contribution in [3.8, 4) is 0 Å². The average molecular weight is 464 g/mol. The van der Waals surface area contributed by atoms with Crippen LogP contribution >= 0.6 is 0 Å². The van der Waals surface area contributed by atoms with Crippen LogP contribution in [0.15, 0.2) is 46.2 Å². The predicted molar refractivity (Wildman–Crippen MR) is 111 cm³/mol. The van der Waals surface area contributed by atoms with Crippen molar-refractivity contribution in [2.45, 2.75) is 55.4 Å². The van der Waals surface area contributed by atoms with E-state index in [2.05, 4.69) is 0 Å². The van der Waals surface area contributed by atoms with E-state index >= 15 is 0 Å². The van der Waals surface area contributed by atoms with Gasteiger partial charge in [-0.25, -0.2) is 35.9 Å². The first-order chi connectivity index (χ1) is 13.2. The fourth-order valence-corrected chi connectivity index (χ4v) is 3.53. The molecule has 0 aliphatic rings. The maximum atomic E-state index is 13.6. The zero-order valence-electron chi connectivity index (χ0n) is 17.4. The second kappa shape index (κ2) is 8.67. The lowest BCUT2D eigenvalue weighted by atomic mass is 9.87. The van der Waals surface area contributed by atoms with Gasteiger partial charge in [-0.15, -0.1) is 0 Å². The minimum absolute atomic E-state index is 0.201. The van der Waals surface area contributed by atoms with Gasteiger partial charge in [0.25, 0.3) is 0 Å². The van der Waals surface area contributed by atoms with E-state index in [1.807, 2.05) is 20.8 Å². The summed E-state index contributed by atoms with van der Waals surface area (Å²) in [6, 6.07) is 7.17. The fourth-order valence-electron chi connectivity index (χ4n) is 2.48. The number of nitrogens with two attached hydrogens (primary N) is 3. The largest absolute Gasteiger partial charge is 0.322 e. The Balaban J connectivity index is 0.000000300. The molecule has 30 heavy (non-hydrogen) atoms. The number of hydrogen-bond donors (Lipinski definition) is 3. The number of rotatable bonds is 3. The Morgan fingerprint density at radius 2 is 1.03 bits per heavy atom. The summed E-state index contributed by atoms with van der Waals surface area (Å²) in [6.45, 7) is 8.80. The van der Waals surface area contributed by atoms with Crippen LogP contribution in [-0.2, 0) is 31.0 Å². The van der Waals surface area contributed by atoms with E-state index in [0.29, 0.717) is 5.56 Å². The molecular weight excluding hydrogens is 436 g/mol. The molecule has 0 heterocycles. The summed E-state index contributed by atoms with van der Waals surface area (Å²) in [5.74, 6) is -1.22. The van der Waals surface area contributed by atoms with E-state index in [-0.39, 0.29) is 20.8 Å². The molecule has 6 N–H and O–H groups in total. The molecule has 0 spiro atoms. The van der Waals surface area contributed by atoms with Crippen molar-refractivity contribution in [2.24, 2.45) is 16.0 Å². The van der Waals surface area contributed by atoms with Crippen molar-refractivity contribution in [1.29, 1.82) is 0 Å². The van der Waals surface area contributed by atoms with E-state index in [1.165, 1.54) is 24.3 Å². The third-order valence-electron chi connectivity index (χ3n) is 4.04. The van der Waals surface area contributed by atoms with Gasteiger partial charge in [-0.2, -0.15) is 0 Å². The summed E-state index contributed by atoms with van der Waals surface area (Å²) in [5.41, 5.74) is 5.19. The highest BCUT2D eigenvalue weighted by Crippen LogP contribution is 2.26. The lowest BCUT2D eigenvalue weighted by molar-refractivity contribution is 0.499. The summed E-state index contributed by atoms with van der Waals surface area (Å²) in [6.07, 6.45) is 0. The van der Waals surface area contributed by atoms with Crippen LogP contribution in [-0.4, -0.2) is 16.8 Å².